The summed E-state index contributed by atoms with van der Waals surface area (Å²) in [6.07, 6.45) is 19.2. The molecular weight excluding hydrogens is 738 g/mol. The van der Waals surface area contributed by atoms with E-state index in [4.69, 9.17) is 10.2 Å². The molecule has 14 N–H and O–H groups in total. The van der Waals surface area contributed by atoms with Gasteiger partial charge in [-0.2, -0.15) is 0 Å². The second-order valence-corrected chi connectivity index (χ2v) is 9.42. The molecule has 0 spiro atoms. The van der Waals surface area contributed by atoms with Gasteiger partial charge >= 0.3 is 31.4 Å². The number of carbonyl (C=O) groups is 2. The third-order valence-electron chi connectivity index (χ3n) is 5.98. The molecule has 0 fully saturated rings. The molecule has 0 saturated carbocycles. The summed E-state index contributed by atoms with van der Waals surface area (Å²) in [6.45, 7) is 0. The zero-order valence-corrected chi connectivity index (χ0v) is 31.5. The molecule has 0 aliphatic carbocycles. The average molecular weight is 780 g/mol. The van der Waals surface area contributed by atoms with Gasteiger partial charge in [0.1, 0.15) is 0 Å². The number of hydrogen-bond donors (Lipinski definition) is 2. The first-order valence-electron chi connectivity index (χ1n) is 14.3. The third kappa shape index (κ3) is 21.4. The summed E-state index contributed by atoms with van der Waals surface area (Å²) < 4.78 is 0. The third-order valence-corrected chi connectivity index (χ3v) is 5.98. The monoisotopic (exact) mass is 778 g/mol. The van der Waals surface area contributed by atoms with Crippen molar-refractivity contribution in [2.75, 3.05) is 0 Å². The van der Waals surface area contributed by atoms with Crippen molar-refractivity contribution in [3.63, 3.8) is 0 Å². The number of carboxylic acid groups (broad SMARTS) is 2. The fourth-order valence-electron chi connectivity index (χ4n) is 3.67. The molecule has 0 aliphatic heterocycles. The molecule has 4 aromatic heterocycles. The fourth-order valence-corrected chi connectivity index (χ4v) is 3.67. The van der Waals surface area contributed by atoms with Crippen LogP contribution in [-0.4, -0.2) is 42.1 Å². The maximum absolute atomic E-state index is 10.6. The zero-order valence-electron chi connectivity index (χ0n) is 28.5. The minimum absolute atomic E-state index is 0. The van der Waals surface area contributed by atoms with Gasteiger partial charge in [-0.25, -0.2) is 9.59 Å². The van der Waals surface area contributed by atoms with E-state index >= 15 is 0 Å². The first-order valence-corrected chi connectivity index (χ1v) is 14.3. The van der Waals surface area contributed by atoms with Crippen molar-refractivity contribution >= 4 is 24.1 Å². The Bertz CT molecular complexity index is 1660. The molecule has 2 aromatic carbocycles. The molecule has 6 aromatic rings. The average Bonchev–Trinajstić information content (AvgIpc) is 3.13. The van der Waals surface area contributed by atoms with E-state index in [-0.39, 0.29) is 52.9 Å². The number of nitrogens with zero attached hydrogens (tertiary/aromatic N) is 4. The molecule has 0 radical (unpaired) electrons. The molecule has 14 nitrogen and oxygen atoms in total. The molecule has 0 saturated heterocycles. The quantitative estimate of drug-likeness (QED) is 0.141. The molecule has 53 heavy (non-hydrogen) atoms. The second kappa shape index (κ2) is 29.3. The zero-order chi connectivity index (χ0) is 34.4. The first-order chi connectivity index (χ1) is 23.3. The normalized spacial score (nSPS) is 9.06. The Balaban J connectivity index is -0.000000610. The van der Waals surface area contributed by atoms with E-state index in [0.29, 0.717) is 11.1 Å². The largest absolute Gasteiger partial charge is 2.00 e. The smallest absolute Gasteiger partial charge is 0.872 e. The van der Waals surface area contributed by atoms with Crippen LogP contribution in [0.25, 0.3) is 34.4 Å². The van der Waals surface area contributed by atoms with E-state index in [2.05, 4.69) is 19.9 Å². The molecule has 0 unspecified atom stereocenters. The topological polar surface area (TPSA) is 304 Å². The summed E-state index contributed by atoms with van der Waals surface area (Å²) in [5.74, 6) is -2.16. The van der Waals surface area contributed by atoms with Gasteiger partial charge in [0.05, 0.1) is 0 Å². The van der Waals surface area contributed by atoms with Gasteiger partial charge in [-0.3, -0.25) is 19.9 Å². The Morgan fingerprint density at radius 3 is 0.811 bits per heavy atom. The van der Waals surface area contributed by atoms with Gasteiger partial charge in [0.2, 0.25) is 0 Å². The summed E-state index contributed by atoms with van der Waals surface area (Å²) in [4.78, 5) is 36.0. The Morgan fingerprint density at radius 1 is 0.415 bits per heavy atom. The van der Waals surface area contributed by atoms with Crippen molar-refractivity contribution in [2.45, 2.75) is 0 Å². The number of aliphatic carboxylic acids is 2. The van der Waals surface area contributed by atoms with E-state index in [1.54, 1.807) is 73.8 Å². The molecule has 272 valence electrons. The van der Waals surface area contributed by atoms with Crippen molar-refractivity contribution in [3.05, 3.63) is 170 Å². The van der Waals surface area contributed by atoms with E-state index in [1.165, 1.54) is 58.7 Å². The van der Waals surface area contributed by atoms with Crippen LogP contribution in [0.2, 0.25) is 0 Å². The van der Waals surface area contributed by atoms with Crippen LogP contribution in [0, 0.1) is 0 Å². The fraction of sp³-hybridized carbons (Fsp3) is 0. The summed E-state index contributed by atoms with van der Waals surface area (Å²) in [5.41, 5.74) is 6.11. The van der Waals surface area contributed by atoms with Gasteiger partial charge in [0, 0.05) is 61.7 Å². The molecular formula is C38H42N4O10Zn+4. The number of hydrogen-bond acceptors (Lipinski definition) is 8. The molecule has 6 rings (SSSR count). The summed E-state index contributed by atoms with van der Waals surface area (Å²) in [6, 6.07) is 27.7. The van der Waals surface area contributed by atoms with Crippen molar-refractivity contribution in [1.82, 2.24) is 19.9 Å². The van der Waals surface area contributed by atoms with Crippen LogP contribution in [-0.2, 0) is 51.0 Å². The van der Waals surface area contributed by atoms with E-state index in [1.807, 2.05) is 48.5 Å². The SMILES string of the molecule is O=C(O)/C=C/c1ccc([O-])cc1.O=C(O)/C=C/c1ccc([O-])cc1.[OH3+].[OH3+].[OH3+].[OH3+].[Zn+2].c1cc(-c2ccncc2)ccn1.c1cc(-c2ccncc2)ccn1. The van der Waals surface area contributed by atoms with Gasteiger partial charge in [-0.1, -0.05) is 48.5 Å². The molecule has 15 heteroatoms. The molecule has 4 heterocycles. The van der Waals surface area contributed by atoms with Crippen LogP contribution in [0.15, 0.2) is 159 Å². The number of benzene rings is 2. The Morgan fingerprint density at radius 2 is 0.623 bits per heavy atom. The molecule has 0 bridgehead atoms. The number of carboxylic acids is 2. The van der Waals surface area contributed by atoms with Crippen LogP contribution >= 0.6 is 0 Å². The van der Waals surface area contributed by atoms with Crippen LogP contribution in [0.3, 0.4) is 0 Å². The van der Waals surface area contributed by atoms with Crippen molar-refractivity contribution < 1.29 is 71.4 Å². The molecule has 0 amide bonds. The van der Waals surface area contributed by atoms with Crippen molar-refractivity contribution in [1.29, 1.82) is 0 Å². The maximum atomic E-state index is 10.6. The molecule has 0 atom stereocenters. The van der Waals surface area contributed by atoms with E-state index < -0.39 is 11.9 Å². The van der Waals surface area contributed by atoms with E-state index in [9.17, 15) is 19.8 Å². The number of rotatable bonds is 6. The van der Waals surface area contributed by atoms with Gasteiger partial charge in [-0.05, 0) is 94.1 Å². The van der Waals surface area contributed by atoms with Gasteiger partial charge in [0.25, 0.3) is 0 Å². The summed E-state index contributed by atoms with van der Waals surface area (Å²) >= 11 is 0. The predicted octanol–water partition coefficient (Wildman–Crippen LogP) is 2.31. The molecule has 0 aliphatic rings. The van der Waals surface area contributed by atoms with Gasteiger partial charge in [-0.15, -0.1) is 11.5 Å². The second-order valence-electron chi connectivity index (χ2n) is 9.42. The van der Waals surface area contributed by atoms with Crippen molar-refractivity contribution in [2.24, 2.45) is 0 Å². The minimum atomic E-state index is -0.999. The first kappa shape index (κ1) is 50.9. The minimum Gasteiger partial charge on any atom is -0.872 e. The number of aromatic nitrogens is 4. The number of pyridine rings is 4. The Hall–Kier alpha value is -6.48. The van der Waals surface area contributed by atoms with Crippen molar-refractivity contribution in [3.8, 4) is 33.8 Å². The standard InChI is InChI=1S/2C10H8N2.2C9H8O3.4H2O.Zn/c2*1-5-11-6-2-9(1)10-3-7-12-8-4-10;2*10-8-4-1-7(2-5-8)3-6-9(11)12;;;;;/h2*1-8H;2*1-6,10H,(H,11,12);4*1H2;/q;;;;;;;;+2/p+2/b;;2*6-3+;;;;;. The summed E-state index contributed by atoms with van der Waals surface area (Å²) in [7, 11) is 0. The van der Waals surface area contributed by atoms with Crippen LogP contribution in [0.5, 0.6) is 11.5 Å². The van der Waals surface area contributed by atoms with Gasteiger partial charge < -0.3 is 42.3 Å². The Kier molecular flexibility index (Phi) is 28.1. The summed E-state index contributed by atoms with van der Waals surface area (Å²) in [5, 5.41) is 37.8. The van der Waals surface area contributed by atoms with Gasteiger partial charge in [0.15, 0.2) is 0 Å². The van der Waals surface area contributed by atoms with Crippen LogP contribution < -0.4 is 10.2 Å². The predicted molar refractivity (Wildman–Crippen MR) is 200 cm³/mol. The van der Waals surface area contributed by atoms with Crippen LogP contribution in [0.1, 0.15) is 11.1 Å². The van der Waals surface area contributed by atoms with E-state index in [0.717, 1.165) is 12.2 Å². The maximum Gasteiger partial charge on any atom is 2.00 e. The van der Waals surface area contributed by atoms with Crippen LogP contribution in [0.4, 0.5) is 0 Å². The Labute approximate surface area is 318 Å².